The summed E-state index contributed by atoms with van der Waals surface area (Å²) < 4.78 is 16.0. The molecular formula is C13H12BrFN4. The van der Waals surface area contributed by atoms with Crippen molar-refractivity contribution in [3.05, 3.63) is 40.9 Å². The van der Waals surface area contributed by atoms with Crippen LogP contribution < -0.4 is 0 Å². The third-order valence-corrected chi connectivity index (χ3v) is 4.00. The van der Waals surface area contributed by atoms with E-state index in [2.05, 4.69) is 37.3 Å². The minimum Gasteiger partial charge on any atom is -0.244 e. The summed E-state index contributed by atoms with van der Waals surface area (Å²) in [6, 6.07) is 4.84. The maximum Gasteiger partial charge on any atom is 0.213 e. The summed E-state index contributed by atoms with van der Waals surface area (Å²) >= 11 is 3.57. The van der Waals surface area contributed by atoms with E-state index in [9.17, 15) is 4.39 Å². The van der Waals surface area contributed by atoms with Crippen molar-refractivity contribution < 1.29 is 4.39 Å². The fourth-order valence-corrected chi connectivity index (χ4v) is 2.85. The molecule has 0 bridgehead atoms. The van der Waals surface area contributed by atoms with Gasteiger partial charge in [0.05, 0.1) is 17.9 Å². The van der Waals surface area contributed by atoms with Gasteiger partial charge in [-0.25, -0.2) is 9.67 Å². The molecule has 1 aliphatic carbocycles. The zero-order valence-electron chi connectivity index (χ0n) is 10.1. The second-order valence-corrected chi connectivity index (χ2v) is 5.38. The number of pyridine rings is 1. The molecule has 0 spiro atoms. The molecule has 2 heterocycles. The number of rotatable bonds is 2. The van der Waals surface area contributed by atoms with Crippen LogP contribution in [0.25, 0.3) is 11.4 Å². The second kappa shape index (κ2) is 5.21. The van der Waals surface area contributed by atoms with Crippen molar-refractivity contribution >= 4 is 15.9 Å². The lowest BCUT2D eigenvalue weighted by atomic mass is 10.0. The Morgan fingerprint density at radius 3 is 3.00 bits per heavy atom. The van der Waals surface area contributed by atoms with E-state index in [1.54, 1.807) is 12.1 Å². The van der Waals surface area contributed by atoms with Crippen LogP contribution in [0.5, 0.6) is 0 Å². The number of aromatic nitrogens is 4. The molecule has 0 aromatic carbocycles. The highest BCUT2D eigenvalue weighted by Crippen LogP contribution is 2.33. The van der Waals surface area contributed by atoms with Gasteiger partial charge in [-0.05, 0) is 31.4 Å². The quantitative estimate of drug-likeness (QED) is 0.795. The molecule has 0 fully saturated rings. The summed E-state index contributed by atoms with van der Waals surface area (Å²) in [5.74, 6) is -0.509. The van der Waals surface area contributed by atoms with Crippen molar-refractivity contribution in [3.63, 3.8) is 0 Å². The lowest BCUT2D eigenvalue weighted by molar-refractivity contribution is 0.458. The van der Waals surface area contributed by atoms with Crippen molar-refractivity contribution in [2.24, 2.45) is 0 Å². The zero-order valence-corrected chi connectivity index (χ0v) is 11.7. The van der Waals surface area contributed by atoms with Gasteiger partial charge in [-0.2, -0.15) is 4.39 Å². The molecule has 98 valence electrons. The number of halogens is 2. The molecule has 2 aromatic rings. The third kappa shape index (κ3) is 2.58. The number of hydrogen-bond acceptors (Lipinski definition) is 3. The average molecular weight is 323 g/mol. The van der Waals surface area contributed by atoms with Gasteiger partial charge in [0.25, 0.3) is 0 Å². The van der Waals surface area contributed by atoms with E-state index in [1.165, 1.54) is 6.07 Å². The summed E-state index contributed by atoms with van der Waals surface area (Å²) in [7, 11) is 0. The molecule has 0 saturated carbocycles. The number of nitrogens with zero attached hydrogens (tertiary/aromatic N) is 4. The Morgan fingerprint density at radius 2 is 2.21 bits per heavy atom. The van der Waals surface area contributed by atoms with E-state index in [0.29, 0.717) is 11.4 Å². The van der Waals surface area contributed by atoms with Crippen LogP contribution in [0.15, 0.2) is 35.0 Å². The predicted octanol–water partition coefficient (Wildman–Crippen LogP) is 3.48. The van der Waals surface area contributed by atoms with Crippen molar-refractivity contribution in [1.82, 2.24) is 20.0 Å². The molecule has 3 rings (SSSR count). The number of hydrogen-bond donors (Lipinski definition) is 0. The first-order valence-electron chi connectivity index (χ1n) is 6.14. The molecular weight excluding hydrogens is 311 g/mol. The summed E-state index contributed by atoms with van der Waals surface area (Å²) in [6.07, 6.45) is 7.22. The van der Waals surface area contributed by atoms with E-state index in [4.69, 9.17) is 0 Å². The minimum atomic E-state index is -0.509. The van der Waals surface area contributed by atoms with Gasteiger partial charge in [0.1, 0.15) is 5.69 Å². The number of allylic oxidation sites excluding steroid dienone is 2. The summed E-state index contributed by atoms with van der Waals surface area (Å²) in [5, 5.41) is 8.20. The predicted molar refractivity (Wildman–Crippen MR) is 73.1 cm³/mol. The minimum absolute atomic E-state index is 0.184. The Balaban J connectivity index is 1.91. The molecule has 0 aliphatic heterocycles. The van der Waals surface area contributed by atoms with Gasteiger partial charge >= 0.3 is 0 Å². The summed E-state index contributed by atoms with van der Waals surface area (Å²) in [5.41, 5.74) is 1.09. The van der Waals surface area contributed by atoms with Crippen LogP contribution in [-0.2, 0) is 0 Å². The van der Waals surface area contributed by atoms with Crippen LogP contribution >= 0.6 is 15.9 Å². The Hall–Kier alpha value is -1.56. The molecule has 0 saturated heterocycles. The van der Waals surface area contributed by atoms with Gasteiger partial charge < -0.3 is 0 Å². The molecule has 0 amide bonds. The normalized spacial score (nSPS) is 19.3. The zero-order chi connectivity index (χ0) is 13.2. The Morgan fingerprint density at radius 1 is 1.32 bits per heavy atom. The maximum absolute atomic E-state index is 13.1. The van der Waals surface area contributed by atoms with Crippen molar-refractivity contribution in [2.45, 2.75) is 25.3 Å². The van der Waals surface area contributed by atoms with Gasteiger partial charge in [-0.1, -0.05) is 33.3 Å². The topological polar surface area (TPSA) is 43.6 Å². The van der Waals surface area contributed by atoms with Crippen molar-refractivity contribution in [1.29, 1.82) is 0 Å². The van der Waals surface area contributed by atoms with E-state index >= 15 is 0 Å². The first kappa shape index (κ1) is 12.5. The Kier molecular flexibility index (Phi) is 3.42. The molecule has 2 aromatic heterocycles. The maximum atomic E-state index is 13.1. The van der Waals surface area contributed by atoms with E-state index in [0.717, 1.165) is 23.7 Å². The van der Waals surface area contributed by atoms with Gasteiger partial charge in [-0.15, -0.1) is 5.10 Å². The van der Waals surface area contributed by atoms with E-state index in [-0.39, 0.29) is 6.04 Å². The molecule has 1 unspecified atom stereocenters. The van der Waals surface area contributed by atoms with E-state index in [1.807, 2.05) is 10.9 Å². The van der Waals surface area contributed by atoms with Crippen LogP contribution in [0.2, 0.25) is 0 Å². The van der Waals surface area contributed by atoms with Crippen LogP contribution in [0.4, 0.5) is 4.39 Å². The monoisotopic (exact) mass is 322 g/mol. The highest BCUT2D eigenvalue weighted by Gasteiger charge is 2.19. The highest BCUT2D eigenvalue weighted by atomic mass is 79.9. The first-order chi connectivity index (χ1) is 9.24. The third-order valence-electron chi connectivity index (χ3n) is 3.15. The first-order valence-corrected chi connectivity index (χ1v) is 6.93. The van der Waals surface area contributed by atoms with Crippen molar-refractivity contribution in [2.75, 3.05) is 0 Å². The second-order valence-electron chi connectivity index (χ2n) is 4.47. The summed E-state index contributed by atoms with van der Waals surface area (Å²) in [4.78, 5) is 3.81. The summed E-state index contributed by atoms with van der Waals surface area (Å²) in [6.45, 7) is 0. The molecule has 0 N–H and O–H groups in total. The van der Waals surface area contributed by atoms with Gasteiger partial charge in [0.2, 0.25) is 5.95 Å². The van der Waals surface area contributed by atoms with Crippen LogP contribution in [0.1, 0.15) is 25.3 Å². The van der Waals surface area contributed by atoms with Crippen LogP contribution in [0.3, 0.4) is 0 Å². The lowest BCUT2D eigenvalue weighted by Crippen LogP contribution is -2.12. The molecule has 0 radical (unpaired) electrons. The molecule has 1 aliphatic rings. The van der Waals surface area contributed by atoms with Gasteiger partial charge in [0.15, 0.2) is 0 Å². The van der Waals surface area contributed by atoms with E-state index < -0.39 is 5.95 Å². The molecule has 19 heavy (non-hydrogen) atoms. The fraction of sp³-hybridized carbons (Fsp3) is 0.308. The highest BCUT2D eigenvalue weighted by molar-refractivity contribution is 9.11. The lowest BCUT2D eigenvalue weighted by Gasteiger charge is -2.19. The van der Waals surface area contributed by atoms with Gasteiger partial charge in [-0.3, -0.25) is 0 Å². The fourth-order valence-electron chi connectivity index (χ4n) is 2.18. The Labute approximate surface area is 118 Å². The molecule has 6 heteroatoms. The SMILES string of the molecule is Fc1cccc(-c2cn(C3CCCC=C3Br)nn2)n1. The average Bonchev–Trinajstić information content (AvgIpc) is 2.89. The standard InChI is InChI=1S/C13H12BrFN4/c14-9-4-1-2-6-12(9)19-8-11(17-18-19)10-5-3-7-13(15)16-10/h3-5,7-8,12H,1-2,6H2. The smallest absolute Gasteiger partial charge is 0.213 e. The molecule has 4 nitrogen and oxygen atoms in total. The Bertz CT molecular complexity index is 623. The molecule has 1 atom stereocenters. The van der Waals surface area contributed by atoms with Crippen LogP contribution in [-0.4, -0.2) is 20.0 Å². The van der Waals surface area contributed by atoms with Gasteiger partial charge in [0, 0.05) is 4.48 Å². The van der Waals surface area contributed by atoms with Crippen molar-refractivity contribution in [3.8, 4) is 11.4 Å². The largest absolute Gasteiger partial charge is 0.244 e. The van der Waals surface area contributed by atoms with Crippen LogP contribution in [0, 0.1) is 5.95 Å².